The molecular weight excluding hydrogens is 442 g/mol. The van der Waals surface area contributed by atoms with E-state index < -0.39 is 12.5 Å². The maximum atomic E-state index is 13.9. The SMILES string of the molecule is CC(Nc1ccn2ncc(-c3cnn(C4CCCC4O)c3)c2n1)c1cc(F)ccc1OCCF. The second-order valence-corrected chi connectivity index (χ2v) is 8.50. The normalized spacial score (nSPS) is 18.9. The minimum Gasteiger partial charge on any atom is -0.490 e. The van der Waals surface area contributed by atoms with Crippen LogP contribution in [0.25, 0.3) is 16.8 Å². The maximum absolute atomic E-state index is 13.9. The third-order valence-electron chi connectivity index (χ3n) is 6.20. The molecule has 34 heavy (non-hydrogen) atoms. The number of aliphatic hydroxyl groups is 1. The highest BCUT2D eigenvalue weighted by Crippen LogP contribution is 2.32. The molecule has 0 aliphatic heterocycles. The molecule has 1 aliphatic carbocycles. The predicted octanol–water partition coefficient (Wildman–Crippen LogP) is 4.34. The lowest BCUT2D eigenvalue weighted by molar-refractivity contribution is 0.130. The Morgan fingerprint density at radius 3 is 2.91 bits per heavy atom. The Hall–Kier alpha value is -3.53. The predicted molar refractivity (Wildman–Crippen MR) is 123 cm³/mol. The Balaban J connectivity index is 1.41. The van der Waals surface area contributed by atoms with Crippen LogP contribution < -0.4 is 10.1 Å². The lowest BCUT2D eigenvalue weighted by Gasteiger charge is -2.19. The fourth-order valence-electron chi connectivity index (χ4n) is 4.48. The minimum atomic E-state index is -0.628. The van der Waals surface area contributed by atoms with Gasteiger partial charge in [0, 0.05) is 29.1 Å². The fraction of sp³-hybridized carbons (Fsp3) is 0.375. The first-order valence-corrected chi connectivity index (χ1v) is 11.3. The molecule has 1 aliphatic rings. The van der Waals surface area contributed by atoms with Gasteiger partial charge in [-0.25, -0.2) is 18.3 Å². The van der Waals surface area contributed by atoms with Crippen LogP contribution in [0.2, 0.25) is 0 Å². The molecule has 178 valence electrons. The Kier molecular flexibility index (Phi) is 6.14. The van der Waals surface area contributed by atoms with Crippen molar-refractivity contribution < 1.29 is 18.6 Å². The van der Waals surface area contributed by atoms with Gasteiger partial charge in [-0.15, -0.1) is 0 Å². The first-order chi connectivity index (χ1) is 16.5. The van der Waals surface area contributed by atoms with Gasteiger partial charge in [0.15, 0.2) is 5.65 Å². The summed E-state index contributed by atoms with van der Waals surface area (Å²) in [5.74, 6) is 0.592. The van der Waals surface area contributed by atoms with Crippen molar-refractivity contribution in [3.8, 4) is 16.9 Å². The van der Waals surface area contributed by atoms with Crippen molar-refractivity contribution >= 4 is 11.5 Å². The molecule has 10 heteroatoms. The number of anilines is 1. The lowest BCUT2D eigenvalue weighted by atomic mass is 10.1. The molecule has 3 heterocycles. The minimum absolute atomic E-state index is 0.0123. The standard InChI is InChI=1S/C24H26F2N6O2/c1-15(18-11-17(26)5-6-22(18)34-10-8-25)29-23-7-9-31-24(30-23)19(13-28-31)16-12-27-32(14-16)20-3-2-4-21(20)33/h5-7,9,11-15,20-21,33H,2-4,8,10H2,1H3,(H,29,30). The first kappa shape index (κ1) is 22.3. The van der Waals surface area contributed by atoms with Crippen molar-refractivity contribution in [3.05, 3.63) is 60.4 Å². The molecule has 0 spiro atoms. The van der Waals surface area contributed by atoms with E-state index in [1.54, 1.807) is 29.2 Å². The molecule has 0 saturated heterocycles. The number of benzene rings is 1. The van der Waals surface area contributed by atoms with Crippen LogP contribution >= 0.6 is 0 Å². The average Bonchev–Trinajstić information content (AvgIpc) is 3.57. The van der Waals surface area contributed by atoms with Crippen molar-refractivity contribution in [2.75, 3.05) is 18.6 Å². The van der Waals surface area contributed by atoms with E-state index in [1.165, 1.54) is 18.2 Å². The summed E-state index contributed by atoms with van der Waals surface area (Å²) in [6.45, 7) is 1.13. The Morgan fingerprint density at radius 2 is 2.12 bits per heavy atom. The molecule has 2 N–H and O–H groups in total. The summed E-state index contributed by atoms with van der Waals surface area (Å²) < 4.78 is 35.4. The number of ether oxygens (including phenoxy) is 1. The van der Waals surface area contributed by atoms with Gasteiger partial charge in [0.05, 0.1) is 30.6 Å². The third kappa shape index (κ3) is 4.33. The van der Waals surface area contributed by atoms with Crippen LogP contribution in [0.3, 0.4) is 0 Å². The summed E-state index contributed by atoms with van der Waals surface area (Å²) in [5.41, 5.74) is 2.88. The Labute approximate surface area is 195 Å². The number of nitrogens with one attached hydrogen (secondary N) is 1. The van der Waals surface area contributed by atoms with Crippen molar-refractivity contribution in [1.29, 1.82) is 0 Å². The fourth-order valence-corrected chi connectivity index (χ4v) is 4.48. The summed E-state index contributed by atoms with van der Waals surface area (Å²) in [6, 6.07) is 5.58. The van der Waals surface area contributed by atoms with E-state index >= 15 is 0 Å². The van der Waals surface area contributed by atoms with Gasteiger partial charge in [-0.05, 0) is 50.5 Å². The molecule has 1 saturated carbocycles. The number of aliphatic hydroxyl groups excluding tert-OH is 1. The lowest BCUT2D eigenvalue weighted by Crippen LogP contribution is -2.18. The number of hydrogen-bond donors (Lipinski definition) is 2. The zero-order valence-corrected chi connectivity index (χ0v) is 18.7. The van der Waals surface area contributed by atoms with Gasteiger partial charge in [0.1, 0.15) is 30.7 Å². The molecule has 3 unspecified atom stereocenters. The van der Waals surface area contributed by atoms with E-state index in [0.717, 1.165) is 30.4 Å². The molecule has 4 aromatic rings. The van der Waals surface area contributed by atoms with Crippen LogP contribution in [0.1, 0.15) is 43.8 Å². The number of nitrogens with zero attached hydrogens (tertiary/aromatic N) is 5. The number of halogens is 2. The number of hydrogen-bond acceptors (Lipinski definition) is 6. The molecule has 3 aromatic heterocycles. The molecule has 3 atom stereocenters. The number of rotatable bonds is 8. The van der Waals surface area contributed by atoms with Gasteiger partial charge in [-0.1, -0.05) is 0 Å². The van der Waals surface area contributed by atoms with Crippen LogP contribution in [-0.4, -0.2) is 48.9 Å². The highest BCUT2D eigenvalue weighted by atomic mass is 19.1. The summed E-state index contributed by atoms with van der Waals surface area (Å²) in [7, 11) is 0. The molecular formula is C24H26F2N6O2. The van der Waals surface area contributed by atoms with Crippen LogP contribution in [0.4, 0.5) is 14.6 Å². The Bertz CT molecular complexity index is 1290. The Morgan fingerprint density at radius 1 is 1.24 bits per heavy atom. The van der Waals surface area contributed by atoms with Gasteiger partial charge in [-0.2, -0.15) is 10.2 Å². The van der Waals surface area contributed by atoms with E-state index in [-0.39, 0.29) is 24.8 Å². The zero-order chi connectivity index (χ0) is 23.7. The van der Waals surface area contributed by atoms with Gasteiger partial charge >= 0.3 is 0 Å². The smallest absolute Gasteiger partial charge is 0.165 e. The van der Waals surface area contributed by atoms with Gasteiger partial charge < -0.3 is 15.2 Å². The maximum Gasteiger partial charge on any atom is 0.165 e. The number of fused-ring (bicyclic) bond motifs is 1. The van der Waals surface area contributed by atoms with E-state index in [2.05, 4.69) is 15.5 Å². The van der Waals surface area contributed by atoms with Crippen molar-refractivity contribution in [3.63, 3.8) is 0 Å². The highest BCUT2D eigenvalue weighted by molar-refractivity contribution is 5.76. The number of alkyl halides is 1. The summed E-state index contributed by atoms with van der Waals surface area (Å²) >= 11 is 0. The molecule has 0 radical (unpaired) electrons. The van der Waals surface area contributed by atoms with Crippen molar-refractivity contribution in [1.82, 2.24) is 24.4 Å². The monoisotopic (exact) mass is 468 g/mol. The van der Waals surface area contributed by atoms with Crippen LogP contribution in [-0.2, 0) is 0 Å². The zero-order valence-electron chi connectivity index (χ0n) is 18.7. The van der Waals surface area contributed by atoms with E-state index in [0.29, 0.717) is 22.8 Å². The van der Waals surface area contributed by atoms with E-state index in [9.17, 15) is 13.9 Å². The van der Waals surface area contributed by atoms with Gasteiger partial charge in [0.2, 0.25) is 0 Å². The summed E-state index contributed by atoms with van der Waals surface area (Å²) in [6.07, 6.45) is 9.49. The molecule has 0 amide bonds. The molecule has 0 bridgehead atoms. The van der Waals surface area contributed by atoms with Crippen molar-refractivity contribution in [2.24, 2.45) is 0 Å². The second-order valence-electron chi connectivity index (χ2n) is 8.50. The molecule has 8 nitrogen and oxygen atoms in total. The molecule has 1 aromatic carbocycles. The molecule has 1 fully saturated rings. The third-order valence-corrected chi connectivity index (χ3v) is 6.20. The van der Waals surface area contributed by atoms with Gasteiger partial charge in [-0.3, -0.25) is 4.68 Å². The van der Waals surface area contributed by atoms with E-state index in [4.69, 9.17) is 9.72 Å². The van der Waals surface area contributed by atoms with Gasteiger partial charge in [0.25, 0.3) is 0 Å². The second kappa shape index (κ2) is 9.38. The average molecular weight is 469 g/mol. The topological polar surface area (TPSA) is 89.5 Å². The molecule has 5 rings (SSSR count). The summed E-state index contributed by atoms with van der Waals surface area (Å²) in [5, 5.41) is 22.3. The van der Waals surface area contributed by atoms with Crippen LogP contribution in [0.15, 0.2) is 49.1 Å². The van der Waals surface area contributed by atoms with E-state index in [1.807, 2.05) is 17.8 Å². The van der Waals surface area contributed by atoms with Crippen LogP contribution in [0, 0.1) is 5.82 Å². The highest BCUT2D eigenvalue weighted by Gasteiger charge is 2.27. The quantitative estimate of drug-likeness (QED) is 0.400. The summed E-state index contributed by atoms with van der Waals surface area (Å²) in [4.78, 5) is 4.72. The largest absolute Gasteiger partial charge is 0.490 e. The number of aromatic nitrogens is 5. The van der Waals surface area contributed by atoms with Crippen LogP contribution in [0.5, 0.6) is 5.75 Å². The van der Waals surface area contributed by atoms with Crippen molar-refractivity contribution in [2.45, 2.75) is 44.4 Å². The first-order valence-electron chi connectivity index (χ1n) is 11.3.